The fourth-order valence-corrected chi connectivity index (χ4v) is 1.94. The van der Waals surface area contributed by atoms with E-state index in [2.05, 4.69) is 15.9 Å². The summed E-state index contributed by atoms with van der Waals surface area (Å²) in [7, 11) is 1.62. The van der Waals surface area contributed by atoms with Gasteiger partial charge in [0.1, 0.15) is 23.9 Å². The van der Waals surface area contributed by atoms with E-state index < -0.39 is 0 Å². The van der Waals surface area contributed by atoms with Crippen LogP contribution < -0.4 is 9.47 Å². The minimum Gasteiger partial charge on any atom is -0.497 e. The Morgan fingerprint density at radius 3 is 2.33 bits per heavy atom. The van der Waals surface area contributed by atoms with Gasteiger partial charge < -0.3 is 9.47 Å². The van der Waals surface area contributed by atoms with Crippen molar-refractivity contribution >= 4 is 15.9 Å². The third kappa shape index (κ3) is 3.23. The second-order valence-corrected chi connectivity index (χ2v) is 4.55. The molecule has 2 rings (SSSR count). The number of hydrogen-bond donors (Lipinski definition) is 0. The van der Waals surface area contributed by atoms with Crippen LogP contribution in [0.3, 0.4) is 0 Å². The lowest BCUT2D eigenvalue weighted by Gasteiger charge is -2.08. The molecule has 0 amide bonds. The fraction of sp³-hybridized carbons (Fsp3) is 0.143. The summed E-state index contributed by atoms with van der Waals surface area (Å²) in [6, 6.07) is 11.9. The molecule has 0 fully saturated rings. The predicted octanol–water partition coefficient (Wildman–Crippen LogP) is 4.18. The van der Waals surface area contributed by atoms with E-state index in [1.807, 2.05) is 24.3 Å². The van der Waals surface area contributed by atoms with Crippen molar-refractivity contribution in [2.75, 3.05) is 7.11 Å². The molecular formula is C14H12BrFO2. The van der Waals surface area contributed by atoms with E-state index in [1.54, 1.807) is 13.2 Å². The number of benzene rings is 2. The Morgan fingerprint density at radius 1 is 1.06 bits per heavy atom. The van der Waals surface area contributed by atoms with Crippen molar-refractivity contribution in [3.8, 4) is 11.5 Å². The van der Waals surface area contributed by atoms with Gasteiger partial charge in [-0.25, -0.2) is 4.39 Å². The molecule has 94 valence electrons. The van der Waals surface area contributed by atoms with Crippen LogP contribution in [-0.4, -0.2) is 7.11 Å². The van der Waals surface area contributed by atoms with Crippen molar-refractivity contribution in [1.29, 1.82) is 0 Å². The van der Waals surface area contributed by atoms with Crippen molar-refractivity contribution in [1.82, 2.24) is 0 Å². The molecule has 0 radical (unpaired) electrons. The minimum absolute atomic E-state index is 0.268. The third-order valence-corrected chi connectivity index (χ3v) is 3.21. The van der Waals surface area contributed by atoms with Crippen LogP contribution >= 0.6 is 15.9 Å². The molecular weight excluding hydrogens is 299 g/mol. The SMILES string of the molecule is COc1ccc(OCc2ccc(F)cc2Br)cc1. The van der Waals surface area contributed by atoms with E-state index in [-0.39, 0.29) is 5.82 Å². The summed E-state index contributed by atoms with van der Waals surface area (Å²) in [6.07, 6.45) is 0. The second-order valence-electron chi connectivity index (χ2n) is 3.70. The van der Waals surface area contributed by atoms with E-state index in [1.165, 1.54) is 12.1 Å². The highest BCUT2D eigenvalue weighted by Crippen LogP contribution is 2.22. The molecule has 0 saturated heterocycles. The first-order valence-corrected chi connectivity index (χ1v) is 6.19. The summed E-state index contributed by atoms with van der Waals surface area (Å²) in [5, 5.41) is 0. The number of hydrogen-bond acceptors (Lipinski definition) is 2. The molecule has 0 heterocycles. The molecule has 0 N–H and O–H groups in total. The van der Waals surface area contributed by atoms with Gasteiger partial charge in [-0.3, -0.25) is 0 Å². The van der Waals surface area contributed by atoms with Gasteiger partial charge in [-0.15, -0.1) is 0 Å². The molecule has 0 aliphatic rings. The maximum atomic E-state index is 12.9. The van der Waals surface area contributed by atoms with Crippen molar-refractivity contribution < 1.29 is 13.9 Å². The quantitative estimate of drug-likeness (QED) is 0.843. The van der Waals surface area contributed by atoms with Crippen LogP contribution in [0.1, 0.15) is 5.56 Å². The highest BCUT2D eigenvalue weighted by molar-refractivity contribution is 9.10. The highest BCUT2D eigenvalue weighted by atomic mass is 79.9. The third-order valence-electron chi connectivity index (χ3n) is 2.47. The topological polar surface area (TPSA) is 18.5 Å². The number of halogens is 2. The summed E-state index contributed by atoms with van der Waals surface area (Å²) in [5.74, 6) is 1.26. The molecule has 0 aliphatic carbocycles. The van der Waals surface area contributed by atoms with Gasteiger partial charge >= 0.3 is 0 Å². The molecule has 2 aromatic rings. The van der Waals surface area contributed by atoms with Gasteiger partial charge in [-0.2, -0.15) is 0 Å². The smallest absolute Gasteiger partial charge is 0.124 e. The van der Waals surface area contributed by atoms with Crippen LogP contribution in [0.25, 0.3) is 0 Å². The zero-order chi connectivity index (χ0) is 13.0. The normalized spacial score (nSPS) is 10.2. The number of methoxy groups -OCH3 is 1. The number of rotatable bonds is 4. The Labute approximate surface area is 113 Å². The number of ether oxygens (including phenoxy) is 2. The Kier molecular flexibility index (Phi) is 4.20. The summed E-state index contributed by atoms with van der Waals surface area (Å²) >= 11 is 3.30. The van der Waals surface area contributed by atoms with Crippen molar-refractivity contribution in [2.24, 2.45) is 0 Å². The Hall–Kier alpha value is -1.55. The lowest BCUT2D eigenvalue weighted by molar-refractivity contribution is 0.304. The van der Waals surface area contributed by atoms with E-state index in [9.17, 15) is 4.39 Å². The zero-order valence-corrected chi connectivity index (χ0v) is 11.4. The molecule has 0 saturated carbocycles. The first-order chi connectivity index (χ1) is 8.69. The van der Waals surface area contributed by atoms with Crippen LogP contribution in [0.15, 0.2) is 46.9 Å². The van der Waals surface area contributed by atoms with Gasteiger partial charge in [0.15, 0.2) is 0 Å². The van der Waals surface area contributed by atoms with Gasteiger partial charge in [-0.1, -0.05) is 22.0 Å². The first kappa shape index (κ1) is 12.9. The average Bonchev–Trinajstić information content (AvgIpc) is 2.38. The fourth-order valence-electron chi connectivity index (χ4n) is 1.47. The summed E-state index contributed by atoms with van der Waals surface area (Å²) in [6.45, 7) is 0.382. The molecule has 4 heteroatoms. The van der Waals surface area contributed by atoms with Crippen molar-refractivity contribution in [2.45, 2.75) is 6.61 Å². The molecule has 0 atom stereocenters. The van der Waals surface area contributed by atoms with Gasteiger partial charge in [0, 0.05) is 10.0 Å². The maximum Gasteiger partial charge on any atom is 0.124 e. The summed E-state index contributed by atoms with van der Waals surface area (Å²) in [4.78, 5) is 0. The van der Waals surface area contributed by atoms with Crippen LogP contribution in [-0.2, 0) is 6.61 Å². The first-order valence-electron chi connectivity index (χ1n) is 5.40. The van der Waals surface area contributed by atoms with Gasteiger partial charge in [0.2, 0.25) is 0 Å². The lowest BCUT2D eigenvalue weighted by Crippen LogP contribution is -1.96. The van der Waals surface area contributed by atoms with Crippen molar-refractivity contribution in [3.05, 3.63) is 58.3 Å². The van der Waals surface area contributed by atoms with E-state index >= 15 is 0 Å². The van der Waals surface area contributed by atoms with E-state index in [4.69, 9.17) is 9.47 Å². The van der Waals surface area contributed by atoms with Crippen molar-refractivity contribution in [3.63, 3.8) is 0 Å². The molecule has 18 heavy (non-hydrogen) atoms. The molecule has 0 aromatic heterocycles. The summed E-state index contributed by atoms with van der Waals surface area (Å²) in [5.41, 5.74) is 0.896. The zero-order valence-electron chi connectivity index (χ0n) is 9.82. The molecule has 0 aliphatic heterocycles. The van der Waals surface area contributed by atoms with Crippen LogP contribution in [0.4, 0.5) is 4.39 Å². The Morgan fingerprint density at radius 2 is 1.72 bits per heavy atom. The van der Waals surface area contributed by atoms with Gasteiger partial charge in [0.25, 0.3) is 0 Å². The lowest BCUT2D eigenvalue weighted by atomic mass is 10.2. The Bertz CT molecular complexity index is 526. The van der Waals surface area contributed by atoms with Crippen LogP contribution in [0, 0.1) is 5.82 Å². The molecule has 0 spiro atoms. The molecule has 2 aromatic carbocycles. The van der Waals surface area contributed by atoms with E-state index in [0.717, 1.165) is 17.1 Å². The second kappa shape index (κ2) is 5.87. The maximum absolute atomic E-state index is 12.9. The van der Waals surface area contributed by atoms with E-state index in [0.29, 0.717) is 11.1 Å². The van der Waals surface area contributed by atoms with Crippen LogP contribution in [0.2, 0.25) is 0 Å². The Balaban J connectivity index is 2.02. The largest absolute Gasteiger partial charge is 0.497 e. The van der Waals surface area contributed by atoms with Gasteiger partial charge in [0.05, 0.1) is 7.11 Å². The van der Waals surface area contributed by atoms with Crippen LogP contribution in [0.5, 0.6) is 11.5 Å². The average molecular weight is 311 g/mol. The summed E-state index contributed by atoms with van der Waals surface area (Å²) < 4.78 is 24.3. The standard InChI is InChI=1S/C14H12BrFO2/c1-17-12-4-6-13(7-5-12)18-9-10-2-3-11(16)8-14(10)15/h2-8H,9H2,1H3. The highest BCUT2D eigenvalue weighted by Gasteiger charge is 2.03. The molecule has 0 unspecified atom stereocenters. The predicted molar refractivity (Wildman–Crippen MR) is 71.4 cm³/mol. The van der Waals surface area contributed by atoms with Gasteiger partial charge in [-0.05, 0) is 36.4 Å². The molecule has 0 bridgehead atoms. The minimum atomic E-state index is -0.268. The monoisotopic (exact) mass is 310 g/mol. The molecule has 2 nitrogen and oxygen atoms in total.